The molecule has 7 heteroatoms. The van der Waals surface area contributed by atoms with Crippen molar-refractivity contribution in [2.75, 3.05) is 7.11 Å². The van der Waals surface area contributed by atoms with E-state index >= 15 is 0 Å². The molecule has 0 saturated carbocycles. The fourth-order valence-electron chi connectivity index (χ4n) is 4.08. The third-order valence-corrected chi connectivity index (χ3v) is 5.34. The number of carbonyl (C=O) groups excluding carboxylic acids is 1. The molecule has 0 bridgehead atoms. The van der Waals surface area contributed by atoms with Crippen molar-refractivity contribution in [1.82, 2.24) is 9.55 Å². The van der Waals surface area contributed by atoms with Crippen LogP contribution in [0.15, 0.2) is 39.9 Å². The fourth-order valence-corrected chi connectivity index (χ4v) is 4.08. The van der Waals surface area contributed by atoms with Crippen LogP contribution in [0.1, 0.15) is 34.7 Å². The molecule has 1 atom stereocenters. The zero-order chi connectivity index (χ0) is 20.0. The highest BCUT2D eigenvalue weighted by atomic mass is 16.5. The molecule has 3 heterocycles. The zero-order valence-electron chi connectivity index (χ0n) is 15.6. The van der Waals surface area contributed by atoms with Gasteiger partial charge in [-0.3, -0.25) is 14.4 Å². The standard InChI is InChI=1S/C21H20N2O5/c1-11-8-16(24)18(20(26)22-11)14(10-17(25)28-2)15-9-13-5-3-4-12-6-7-23(19(12)13)21(15)27/h3-5,8-9,14H,6-7,10H2,1-2H3,(H2,22,24,26)/t14-/m1/s1. The molecule has 3 aromatic rings. The third kappa shape index (κ3) is 2.79. The number of nitrogens with one attached hydrogen (secondary N) is 1. The number of carbonyl (C=O) groups is 1. The van der Waals surface area contributed by atoms with Crippen LogP contribution in [0.3, 0.4) is 0 Å². The summed E-state index contributed by atoms with van der Waals surface area (Å²) in [4.78, 5) is 40.6. The second-order valence-corrected chi connectivity index (χ2v) is 7.07. The van der Waals surface area contributed by atoms with E-state index in [0.717, 1.165) is 22.9 Å². The van der Waals surface area contributed by atoms with Crippen LogP contribution in [0.2, 0.25) is 0 Å². The first-order valence-electron chi connectivity index (χ1n) is 9.05. The molecule has 0 aliphatic carbocycles. The van der Waals surface area contributed by atoms with Crippen molar-refractivity contribution in [2.24, 2.45) is 0 Å². The molecule has 28 heavy (non-hydrogen) atoms. The van der Waals surface area contributed by atoms with Crippen LogP contribution in [-0.4, -0.2) is 27.7 Å². The molecule has 7 nitrogen and oxygen atoms in total. The number of aryl methyl sites for hydroxylation is 3. The minimum Gasteiger partial charge on any atom is -0.507 e. The predicted octanol–water partition coefficient (Wildman–Crippen LogP) is 1.95. The van der Waals surface area contributed by atoms with Gasteiger partial charge in [-0.1, -0.05) is 18.2 Å². The lowest BCUT2D eigenvalue weighted by molar-refractivity contribution is -0.140. The van der Waals surface area contributed by atoms with Crippen molar-refractivity contribution in [1.29, 1.82) is 0 Å². The Kier molecular flexibility index (Phi) is 4.30. The number of aromatic amines is 1. The molecule has 0 unspecified atom stereocenters. The lowest BCUT2D eigenvalue weighted by Gasteiger charge is -2.18. The Bertz CT molecular complexity index is 1220. The monoisotopic (exact) mass is 380 g/mol. The first-order valence-corrected chi connectivity index (χ1v) is 9.05. The first kappa shape index (κ1) is 18.0. The molecular weight excluding hydrogens is 360 g/mol. The number of esters is 1. The molecule has 0 fully saturated rings. The topological polar surface area (TPSA) is 101 Å². The second kappa shape index (κ2) is 6.67. The van der Waals surface area contributed by atoms with Gasteiger partial charge in [-0.15, -0.1) is 0 Å². The van der Waals surface area contributed by atoms with Crippen LogP contribution >= 0.6 is 0 Å². The molecule has 2 N–H and O–H groups in total. The lowest BCUT2D eigenvalue weighted by atomic mass is 9.88. The van der Waals surface area contributed by atoms with Gasteiger partial charge in [-0.05, 0) is 36.4 Å². The number of benzene rings is 1. The number of hydrogen-bond acceptors (Lipinski definition) is 5. The van der Waals surface area contributed by atoms with Crippen molar-refractivity contribution in [3.63, 3.8) is 0 Å². The molecule has 0 spiro atoms. The second-order valence-electron chi connectivity index (χ2n) is 7.07. The molecule has 1 aliphatic rings. The fraction of sp³-hybridized carbons (Fsp3) is 0.286. The molecule has 144 valence electrons. The van der Waals surface area contributed by atoms with Gasteiger partial charge in [-0.2, -0.15) is 0 Å². The van der Waals surface area contributed by atoms with Crippen LogP contribution in [0.4, 0.5) is 0 Å². The van der Waals surface area contributed by atoms with Gasteiger partial charge < -0.3 is 19.4 Å². The Morgan fingerprint density at radius 3 is 2.82 bits per heavy atom. The minimum absolute atomic E-state index is 0.00518. The highest BCUT2D eigenvalue weighted by Gasteiger charge is 2.29. The van der Waals surface area contributed by atoms with Gasteiger partial charge in [0.2, 0.25) is 0 Å². The number of aromatic nitrogens is 2. The van der Waals surface area contributed by atoms with Crippen LogP contribution in [0.5, 0.6) is 5.75 Å². The summed E-state index contributed by atoms with van der Waals surface area (Å²) in [6.45, 7) is 2.19. The summed E-state index contributed by atoms with van der Waals surface area (Å²) >= 11 is 0. The van der Waals surface area contributed by atoms with Crippen LogP contribution < -0.4 is 11.1 Å². The summed E-state index contributed by atoms with van der Waals surface area (Å²) in [5.74, 6) is -1.73. The highest BCUT2D eigenvalue weighted by Crippen LogP contribution is 2.33. The van der Waals surface area contributed by atoms with Crippen molar-refractivity contribution in [2.45, 2.75) is 32.2 Å². The van der Waals surface area contributed by atoms with Crippen molar-refractivity contribution in [3.8, 4) is 5.75 Å². The zero-order valence-corrected chi connectivity index (χ0v) is 15.6. The normalized spacial score (nSPS) is 13.6. The Morgan fingerprint density at radius 2 is 2.11 bits per heavy atom. The first-order chi connectivity index (χ1) is 13.4. The van der Waals surface area contributed by atoms with E-state index in [2.05, 4.69) is 4.98 Å². The number of methoxy groups -OCH3 is 1. The van der Waals surface area contributed by atoms with E-state index in [1.165, 1.54) is 13.2 Å². The molecule has 1 aromatic carbocycles. The van der Waals surface area contributed by atoms with Gasteiger partial charge in [0.15, 0.2) is 0 Å². The number of pyridine rings is 2. The van der Waals surface area contributed by atoms with Gasteiger partial charge in [0, 0.05) is 23.7 Å². The van der Waals surface area contributed by atoms with Gasteiger partial charge in [0.1, 0.15) is 5.75 Å². The lowest BCUT2D eigenvalue weighted by Crippen LogP contribution is -2.29. The van der Waals surface area contributed by atoms with Crippen LogP contribution in [-0.2, 0) is 22.5 Å². The summed E-state index contributed by atoms with van der Waals surface area (Å²) in [5, 5.41) is 11.3. The molecule has 1 aliphatic heterocycles. The summed E-state index contributed by atoms with van der Waals surface area (Å²) in [6, 6.07) is 8.95. The Labute approximate surface area is 160 Å². The van der Waals surface area contributed by atoms with Crippen molar-refractivity contribution in [3.05, 3.63) is 73.4 Å². The maximum atomic E-state index is 13.2. The van der Waals surface area contributed by atoms with E-state index in [1.807, 2.05) is 18.2 Å². The van der Waals surface area contributed by atoms with Crippen LogP contribution in [0, 0.1) is 6.92 Å². The summed E-state index contributed by atoms with van der Waals surface area (Å²) in [6.07, 6.45) is 0.532. The molecule has 0 radical (unpaired) electrons. The number of para-hydroxylation sites is 1. The average molecular weight is 380 g/mol. The van der Waals surface area contributed by atoms with Gasteiger partial charge in [0.05, 0.1) is 24.6 Å². The third-order valence-electron chi connectivity index (χ3n) is 5.34. The molecule has 0 amide bonds. The Balaban J connectivity index is 2.00. The average Bonchev–Trinajstić information content (AvgIpc) is 3.08. The van der Waals surface area contributed by atoms with Crippen molar-refractivity contribution < 1.29 is 14.6 Å². The van der Waals surface area contributed by atoms with Gasteiger partial charge in [0.25, 0.3) is 11.1 Å². The number of rotatable bonds is 4. The maximum absolute atomic E-state index is 13.2. The smallest absolute Gasteiger partial charge is 0.306 e. The van der Waals surface area contributed by atoms with Crippen LogP contribution in [0.25, 0.3) is 10.9 Å². The summed E-state index contributed by atoms with van der Waals surface area (Å²) < 4.78 is 6.46. The molecule has 0 saturated heterocycles. The highest BCUT2D eigenvalue weighted by molar-refractivity contribution is 5.84. The minimum atomic E-state index is -0.915. The molecular formula is C21H20N2O5. The number of aromatic hydroxyl groups is 1. The summed E-state index contributed by atoms with van der Waals surface area (Å²) in [5.41, 5.74) is 1.97. The van der Waals surface area contributed by atoms with E-state index in [1.54, 1.807) is 17.6 Å². The number of nitrogens with zero attached hydrogens (tertiary/aromatic N) is 1. The van der Waals surface area contributed by atoms with E-state index in [0.29, 0.717) is 17.8 Å². The molecule has 2 aromatic heterocycles. The van der Waals surface area contributed by atoms with Crippen molar-refractivity contribution >= 4 is 16.9 Å². The Hall–Kier alpha value is -3.35. The summed E-state index contributed by atoms with van der Waals surface area (Å²) in [7, 11) is 1.25. The quantitative estimate of drug-likeness (QED) is 0.674. The number of ether oxygens (including phenoxy) is 1. The number of hydrogen-bond donors (Lipinski definition) is 2. The molecule has 4 rings (SSSR count). The van der Waals surface area contributed by atoms with Gasteiger partial charge >= 0.3 is 5.97 Å². The van der Waals surface area contributed by atoms with E-state index < -0.39 is 17.4 Å². The van der Waals surface area contributed by atoms with E-state index in [-0.39, 0.29) is 23.3 Å². The van der Waals surface area contributed by atoms with E-state index in [9.17, 15) is 19.5 Å². The maximum Gasteiger partial charge on any atom is 0.306 e. The van der Waals surface area contributed by atoms with E-state index in [4.69, 9.17) is 4.74 Å². The van der Waals surface area contributed by atoms with Gasteiger partial charge in [-0.25, -0.2) is 0 Å². The number of H-pyrrole nitrogens is 1. The SMILES string of the molecule is COC(=O)C[C@@H](c1c(O)cc(C)[nH]c1=O)c1cc2cccc3c2n(c1=O)CC3. The Morgan fingerprint density at radius 1 is 1.32 bits per heavy atom. The predicted molar refractivity (Wildman–Crippen MR) is 104 cm³/mol. The largest absolute Gasteiger partial charge is 0.507 e.